The van der Waals surface area contributed by atoms with Crippen LogP contribution in [0.4, 0.5) is 0 Å². The van der Waals surface area contributed by atoms with Crippen LogP contribution in [0, 0.1) is 0 Å². The summed E-state index contributed by atoms with van der Waals surface area (Å²) >= 11 is 0. The van der Waals surface area contributed by atoms with Crippen LogP contribution >= 0.6 is 0 Å². The number of guanidine groups is 1. The number of nitrogens with two attached hydrogens (primary N) is 1. The molecule has 0 saturated heterocycles. The van der Waals surface area contributed by atoms with Crippen molar-refractivity contribution in [1.82, 2.24) is 5.32 Å². The molecule has 1 aromatic carbocycles. The standard InChI is InChI=1S/C16H27N3O2/c1-12(11-20-5)19-15(17)18-10-13-8-6-7-9-14(13)21-16(2,3)4/h6-9,12H,10-11H2,1-5H3,(H3,17,18,19). The van der Waals surface area contributed by atoms with E-state index in [0.29, 0.717) is 19.1 Å². The van der Waals surface area contributed by atoms with Gasteiger partial charge in [0.1, 0.15) is 11.4 Å². The molecule has 0 heterocycles. The monoisotopic (exact) mass is 293 g/mol. The highest BCUT2D eigenvalue weighted by atomic mass is 16.5. The third kappa shape index (κ3) is 6.99. The maximum Gasteiger partial charge on any atom is 0.189 e. The molecule has 21 heavy (non-hydrogen) atoms. The number of rotatable bonds is 6. The highest BCUT2D eigenvalue weighted by Crippen LogP contribution is 2.23. The van der Waals surface area contributed by atoms with Gasteiger partial charge in [-0.3, -0.25) is 0 Å². The van der Waals surface area contributed by atoms with Gasteiger partial charge in [-0.15, -0.1) is 0 Å². The van der Waals surface area contributed by atoms with Crippen molar-refractivity contribution < 1.29 is 9.47 Å². The predicted molar refractivity (Wildman–Crippen MR) is 86.6 cm³/mol. The fourth-order valence-corrected chi connectivity index (χ4v) is 1.82. The molecule has 0 fully saturated rings. The number of aliphatic imine (C=N–C) groups is 1. The van der Waals surface area contributed by atoms with Crippen LogP contribution < -0.4 is 15.8 Å². The Bertz CT molecular complexity index is 467. The van der Waals surface area contributed by atoms with Crippen LogP contribution in [0.3, 0.4) is 0 Å². The molecule has 0 aromatic heterocycles. The minimum absolute atomic E-state index is 0.125. The van der Waals surface area contributed by atoms with Gasteiger partial charge in [-0.1, -0.05) is 18.2 Å². The van der Waals surface area contributed by atoms with Crippen molar-refractivity contribution in [2.45, 2.75) is 45.9 Å². The van der Waals surface area contributed by atoms with E-state index >= 15 is 0 Å². The van der Waals surface area contributed by atoms with Crippen molar-refractivity contribution in [1.29, 1.82) is 0 Å². The van der Waals surface area contributed by atoms with Gasteiger partial charge in [0.2, 0.25) is 0 Å². The number of hydrogen-bond acceptors (Lipinski definition) is 3. The van der Waals surface area contributed by atoms with Gasteiger partial charge in [0.15, 0.2) is 5.96 Å². The zero-order valence-corrected chi connectivity index (χ0v) is 13.6. The van der Waals surface area contributed by atoms with E-state index in [4.69, 9.17) is 15.2 Å². The molecule has 0 radical (unpaired) electrons. The average molecular weight is 293 g/mol. The fraction of sp³-hybridized carbons (Fsp3) is 0.562. The van der Waals surface area contributed by atoms with Crippen molar-refractivity contribution in [3.05, 3.63) is 29.8 Å². The Morgan fingerprint density at radius 2 is 2.00 bits per heavy atom. The second-order valence-corrected chi connectivity index (χ2v) is 6.02. The molecule has 1 rings (SSSR count). The summed E-state index contributed by atoms with van der Waals surface area (Å²) < 4.78 is 11.0. The van der Waals surface area contributed by atoms with Crippen LogP contribution in [-0.2, 0) is 11.3 Å². The number of benzene rings is 1. The zero-order chi connectivity index (χ0) is 15.9. The van der Waals surface area contributed by atoms with Crippen molar-refractivity contribution in [2.24, 2.45) is 10.7 Å². The molecule has 5 nitrogen and oxygen atoms in total. The third-order valence-electron chi connectivity index (χ3n) is 2.62. The zero-order valence-electron chi connectivity index (χ0n) is 13.6. The van der Waals surface area contributed by atoms with E-state index in [-0.39, 0.29) is 11.6 Å². The largest absolute Gasteiger partial charge is 0.488 e. The van der Waals surface area contributed by atoms with E-state index in [1.54, 1.807) is 7.11 Å². The fourth-order valence-electron chi connectivity index (χ4n) is 1.82. The second-order valence-electron chi connectivity index (χ2n) is 6.02. The molecule has 5 heteroatoms. The van der Waals surface area contributed by atoms with Gasteiger partial charge in [0.25, 0.3) is 0 Å². The molecule has 0 saturated carbocycles. The molecular formula is C16H27N3O2. The summed E-state index contributed by atoms with van der Waals surface area (Å²) in [5.74, 6) is 1.25. The van der Waals surface area contributed by atoms with Crippen molar-refractivity contribution in [3.8, 4) is 5.75 Å². The maximum atomic E-state index is 5.93. The molecule has 0 amide bonds. The Balaban J connectivity index is 2.70. The van der Waals surface area contributed by atoms with Gasteiger partial charge in [-0.25, -0.2) is 4.99 Å². The number of ether oxygens (including phenoxy) is 2. The van der Waals surface area contributed by atoms with Crippen molar-refractivity contribution in [3.63, 3.8) is 0 Å². The lowest BCUT2D eigenvalue weighted by Crippen LogP contribution is -2.40. The minimum Gasteiger partial charge on any atom is -0.488 e. The molecule has 1 unspecified atom stereocenters. The summed E-state index contributed by atoms with van der Waals surface area (Å²) in [4.78, 5) is 4.36. The number of para-hydroxylation sites is 1. The van der Waals surface area contributed by atoms with Crippen LogP contribution in [0.25, 0.3) is 0 Å². The highest BCUT2D eigenvalue weighted by Gasteiger charge is 2.14. The Labute approximate surface area is 127 Å². The molecule has 1 atom stereocenters. The Morgan fingerprint density at radius 1 is 1.33 bits per heavy atom. The summed E-state index contributed by atoms with van der Waals surface area (Å²) in [7, 11) is 1.66. The minimum atomic E-state index is -0.239. The first-order chi connectivity index (χ1) is 9.81. The first kappa shape index (κ1) is 17.3. The summed E-state index contributed by atoms with van der Waals surface area (Å²) in [6.07, 6.45) is 0. The smallest absolute Gasteiger partial charge is 0.189 e. The highest BCUT2D eigenvalue weighted by molar-refractivity contribution is 5.78. The van der Waals surface area contributed by atoms with E-state index < -0.39 is 0 Å². The van der Waals surface area contributed by atoms with Gasteiger partial charge >= 0.3 is 0 Å². The van der Waals surface area contributed by atoms with Crippen LogP contribution in [-0.4, -0.2) is 31.3 Å². The molecular weight excluding hydrogens is 266 g/mol. The lowest BCUT2D eigenvalue weighted by atomic mass is 10.1. The van der Waals surface area contributed by atoms with Crippen LogP contribution in [0.1, 0.15) is 33.3 Å². The molecule has 0 aliphatic rings. The Hall–Kier alpha value is -1.75. The van der Waals surface area contributed by atoms with Gasteiger partial charge in [0.05, 0.1) is 13.2 Å². The van der Waals surface area contributed by atoms with E-state index in [2.05, 4.69) is 10.3 Å². The lowest BCUT2D eigenvalue weighted by Gasteiger charge is -2.23. The molecule has 0 aliphatic carbocycles. The van der Waals surface area contributed by atoms with E-state index in [1.807, 2.05) is 52.0 Å². The Morgan fingerprint density at radius 3 is 2.62 bits per heavy atom. The van der Waals surface area contributed by atoms with Crippen molar-refractivity contribution >= 4 is 5.96 Å². The van der Waals surface area contributed by atoms with E-state index in [1.165, 1.54) is 0 Å². The number of nitrogens with one attached hydrogen (secondary N) is 1. The van der Waals surface area contributed by atoms with Gasteiger partial charge in [0, 0.05) is 18.7 Å². The third-order valence-corrected chi connectivity index (χ3v) is 2.62. The number of methoxy groups -OCH3 is 1. The predicted octanol–water partition coefficient (Wildman–Crippen LogP) is 2.30. The normalized spacial score (nSPS) is 13.9. The van der Waals surface area contributed by atoms with Crippen LogP contribution in [0.2, 0.25) is 0 Å². The first-order valence-corrected chi connectivity index (χ1v) is 7.14. The molecule has 0 bridgehead atoms. The van der Waals surface area contributed by atoms with Crippen LogP contribution in [0.5, 0.6) is 5.75 Å². The van der Waals surface area contributed by atoms with Crippen LogP contribution in [0.15, 0.2) is 29.3 Å². The number of nitrogens with zero attached hydrogens (tertiary/aromatic N) is 1. The Kier molecular flexibility index (Phi) is 6.49. The molecule has 3 N–H and O–H groups in total. The summed E-state index contributed by atoms with van der Waals surface area (Å²) in [5, 5.41) is 3.08. The first-order valence-electron chi connectivity index (χ1n) is 7.14. The second kappa shape index (κ2) is 7.88. The quantitative estimate of drug-likeness (QED) is 0.624. The van der Waals surface area contributed by atoms with E-state index in [0.717, 1.165) is 11.3 Å². The maximum absolute atomic E-state index is 5.93. The van der Waals surface area contributed by atoms with Crippen molar-refractivity contribution in [2.75, 3.05) is 13.7 Å². The topological polar surface area (TPSA) is 68.9 Å². The molecule has 0 aliphatic heterocycles. The summed E-state index contributed by atoms with van der Waals surface area (Å²) in [6, 6.07) is 8.00. The number of hydrogen-bond donors (Lipinski definition) is 2. The summed E-state index contributed by atoms with van der Waals surface area (Å²) in [5.41, 5.74) is 6.64. The average Bonchev–Trinajstić information content (AvgIpc) is 2.36. The SMILES string of the molecule is COCC(C)NC(N)=NCc1ccccc1OC(C)(C)C. The molecule has 118 valence electrons. The van der Waals surface area contributed by atoms with Gasteiger partial charge in [-0.2, -0.15) is 0 Å². The van der Waals surface area contributed by atoms with E-state index in [9.17, 15) is 0 Å². The van der Waals surface area contributed by atoms with Gasteiger partial charge in [-0.05, 0) is 33.8 Å². The summed E-state index contributed by atoms with van der Waals surface area (Å²) in [6.45, 7) is 9.12. The molecule has 1 aromatic rings. The van der Waals surface area contributed by atoms with Gasteiger partial charge < -0.3 is 20.5 Å². The molecule has 0 spiro atoms. The lowest BCUT2D eigenvalue weighted by molar-refractivity contribution is 0.129.